The number of benzene rings is 2. The molecule has 1 saturated heterocycles. The lowest BCUT2D eigenvalue weighted by atomic mass is 9.91. The van der Waals surface area contributed by atoms with Gasteiger partial charge in [0, 0.05) is 31.7 Å². The Morgan fingerprint density at radius 2 is 1.79 bits per heavy atom. The van der Waals surface area contributed by atoms with Gasteiger partial charge in [0.25, 0.3) is 5.56 Å². The van der Waals surface area contributed by atoms with Crippen molar-refractivity contribution in [2.45, 2.75) is 44.3 Å². The summed E-state index contributed by atoms with van der Waals surface area (Å²) in [5.41, 5.74) is 2.52. The number of rotatable bonds is 6. The molecule has 0 spiro atoms. The molecule has 3 heterocycles. The fourth-order valence-corrected chi connectivity index (χ4v) is 6.14. The highest BCUT2D eigenvalue weighted by atomic mass is 19.1. The van der Waals surface area contributed by atoms with Gasteiger partial charge in [0.1, 0.15) is 5.82 Å². The highest BCUT2D eigenvalue weighted by molar-refractivity contribution is 5.77. The fraction of sp³-hybridized carbons (Fsp3) is 0.355. The molecule has 2 fully saturated rings. The lowest BCUT2D eigenvalue weighted by Gasteiger charge is -2.29. The quantitative estimate of drug-likeness (QED) is 0.359. The van der Waals surface area contributed by atoms with Gasteiger partial charge in [0.05, 0.1) is 30.5 Å². The van der Waals surface area contributed by atoms with E-state index in [4.69, 9.17) is 9.84 Å². The van der Waals surface area contributed by atoms with Crippen molar-refractivity contribution in [2.24, 2.45) is 0 Å². The van der Waals surface area contributed by atoms with E-state index in [1.165, 1.54) is 9.13 Å². The number of pyridine rings is 1. The molecule has 0 atom stereocenters. The van der Waals surface area contributed by atoms with Gasteiger partial charge in [-0.3, -0.25) is 14.3 Å². The second-order valence-electron chi connectivity index (χ2n) is 10.9. The number of nitrogens with zero attached hydrogens (tertiary/aromatic N) is 4. The molecule has 0 unspecified atom stereocenters. The normalized spacial score (nSPS) is 19.5. The fourth-order valence-electron chi connectivity index (χ4n) is 6.14. The molecule has 6 rings (SSSR count). The van der Waals surface area contributed by atoms with Crippen LogP contribution in [-0.4, -0.2) is 62.6 Å². The number of aromatic nitrogens is 3. The Bertz CT molecular complexity index is 1740. The first-order valence-corrected chi connectivity index (χ1v) is 14.2. The predicted molar refractivity (Wildman–Crippen MR) is 156 cm³/mol. The summed E-state index contributed by atoms with van der Waals surface area (Å²) in [6, 6.07) is 16.1. The minimum atomic E-state index is -1.10. The summed E-state index contributed by atoms with van der Waals surface area (Å²) in [6.45, 7) is 3.88. The molecule has 1 aliphatic carbocycles. The molecule has 218 valence electrons. The summed E-state index contributed by atoms with van der Waals surface area (Å²) in [6.07, 6.45) is 1.74. The number of hydrogen-bond acceptors (Lipinski definition) is 6. The van der Waals surface area contributed by atoms with Crippen molar-refractivity contribution in [3.05, 3.63) is 93.0 Å². The lowest BCUT2D eigenvalue weighted by molar-refractivity contribution is 0.0342. The van der Waals surface area contributed by atoms with E-state index >= 15 is 0 Å². The van der Waals surface area contributed by atoms with E-state index in [1.807, 2.05) is 36.4 Å². The molecule has 0 bridgehead atoms. The Morgan fingerprint density at radius 3 is 2.55 bits per heavy atom. The van der Waals surface area contributed by atoms with Crippen LogP contribution in [0.3, 0.4) is 0 Å². The minimum Gasteiger partial charge on any atom is -0.465 e. The van der Waals surface area contributed by atoms with Crippen molar-refractivity contribution in [2.75, 3.05) is 26.3 Å². The third-order valence-electron chi connectivity index (χ3n) is 8.21. The van der Waals surface area contributed by atoms with Crippen LogP contribution in [0.4, 0.5) is 9.18 Å². The molecule has 2 aromatic heterocycles. The summed E-state index contributed by atoms with van der Waals surface area (Å²) in [4.78, 5) is 45.3. The van der Waals surface area contributed by atoms with Gasteiger partial charge in [0.2, 0.25) is 0 Å². The maximum Gasteiger partial charge on any atom is 0.404 e. The Morgan fingerprint density at radius 1 is 1.02 bits per heavy atom. The van der Waals surface area contributed by atoms with Crippen LogP contribution in [0, 0.1) is 5.82 Å². The molecule has 2 N–H and O–H groups in total. The highest BCUT2D eigenvalue weighted by Crippen LogP contribution is 2.29. The number of halogens is 1. The van der Waals surface area contributed by atoms with Gasteiger partial charge in [0.15, 0.2) is 5.65 Å². The molecule has 1 saturated carbocycles. The summed E-state index contributed by atoms with van der Waals surface area (Å²) in [5, 5.41) is 11.6. The van der Waals surface area contributed by atoms with Crippen molar-refractivity contribution < 1.29 is 19.0 Å². The maximum atomic E-state index is 14.3. The van der Waals surface area contributed by atoms with Gasteiger partial charge in [-0.15, -0.1) is 0 Å². The monoisotopic (exact) mass is 573 g/mol. The van der Waals surface area contributed by atoms with Crippen molar-refractivity contribution in [1.82, 2.24) is 24.3 Å². The summed E-state index contributed by atoms with van der Waals surface area (Å²) >= 11 is 0. The van der Waals surface area contributed by atoms with Crippen LogP contribution in [0.5, 0.6) is 0 Å². The second-order valence-corrected chi connectivity index (χ2v) is 10.9. The number of morpholine rings is 1. The van der Waals surface area contributed by atoms with Gasteiger partial charge in [-0.1, -0.05) is 36.4 Å². The number of carboxylic acid groups (broad SMARTS) is 1. The van der Waals surface area contributed by atoms with Crippen molar-refractivity contribution in [3.8, 4) is 16.8 Å². The Kier molecular flexibility index (Phi) is 7.86. The van der Waals surface area contributed by atoms with Crippen LogP contribution in [0.2, 0.25) is 0 Å². The average Bonchev–Trinajstić information content (AvgIpc) is 2.99. The van der Waals surface area contributed by atoms with Crippen molar-refractivity contribution in [3.63, 3.8) is 0 Å². The number of ether oxygens (including phenoxy) is 1. The highest BCUT2D eigenvalue weighted by Gasteiger charge is 2.28. The third-order valence-corrected chi connectivity index (χ3v) is 8.21. The molecular formula is C31H32FN5O5. The molecule has 0 radical (unpaired) electrons. The van der Waals surface area contributed by atoms with E-state index in [0.717, 1.165) is 48.6 Å². The Labute approximate surface area is 241 Å². The minimum absolute atomic E-state index is 0.0125. The largest absolute Gasteiger partial charge is 0.465 e. The first-order chi connectivity index (χ1) is 20.4. The van der Waals surface area contributed by atoms with E-state index in [1.54, 1.807) is 6.07 Å². The average molecular weight is 574 g/mol. The van der Waals surface area contributed by atoms with Gasteiger partial charge in [-0.25, -0.2) is 23.5 Å². The first kappa shape index (κ1) is 27.8. The molecule has 11 heteroatoms. The lowest BCUT2D eigenvalue weighted by Crippen LogP contribution is -2.45. The predicted octanol–water partition coefficient (Wildman–Crippen LogP) is 3.94. The van der Waals surface area contributed by atoms with E-state index in [2.05, 4.69) is 21.3 Å². The van der Waals surface area contributed by atoms with Crippen LogP contribution >= 0.6 is 0 Å². The molecule has 4 aromatic rings. The van der Waals surface area contributed by atoms with Crippen LogP contribution in [0.1, 0.15) is 37.3 Å². The summed E-state index contributed by atoms with van der Waals surface area (Å²) in [5.74, 6) is -0.670. The zero-order valence-electron chi connectivity index (χ0n) is 23.0. The van der Waals surface area contributed by atoms with Gasteiger partial charge in [-0.2, -0.15) is 0 Å². The van der Waals surface area contributed by atoms with Crippen LogP contribution in [-0.2, 0) is 11.3 Å². The molecule has 10 nitrogen and oxygen atoms in total. The Balaban J connectivity index is 1.43. The van der Waals surface area contributed by atoms with Gasteiger partial charge in [-0.05, 0) is 60.6 Å². The SMILES string of the molecule is O=C(O)N[C@H]1CC[C@@H](n2c(=O)c3cc(F)cnc3n(-c3cccc(-c4ccccc4CN4CCOCC4)c3)c2=O)CC1. The van der Waals surface area contributed by atoms with Crippen LogP contribution < -0.4 is 16.6 Å². The molecule has 1 aliphatic heterocycles. The Hall–Kier alpha value is -4.35. The number of carbonyl (C=O) groups is 1. The molecule has 2 aliphatic rings. The third kappa shape index (κ3) is 5.57. The smallest absolute Gasteiger partial charge is 0.404 e. The van der Waals surface area contributed by atoms with E-state index in [0.29, 0.717) is 44.6 Å². The zero-order valence-corrected chi connectivity index (χ0v) is 23.0. The standard InChI is InChI=1S/C31H32FN5O5/c32-22-17-27-28(33-18-22)36(31(41)37(29(27)38)24-10-8-23(9-11-24)34-30(39)40)25-6-3-5-20(16-25)26-7-2-1-4-21(26)19-35-12-14-42-15-13-35/h1-7,16-18,23-24,34H,8-15,19H2,(H,39,40)/t23-,24+. The van der Waals surface area contributed by atoms with E-state index in [9.17, 15) is 18.8 Å². The molecule has 1 amide bonds. The zero-order chi connectivity index (χ0) is 29.2. The van der Waals surface area contributed by atoms with Crippen LogP contribution in [0.15, 0.2) is 70.4 Å². The summed E-state index contributed by atoms with van der Waals surface area (Å²) < 4.78 is 22.4. The second kappa shape index (κ2) is 11.9. The number of hydrogen-bond donors (Lipinski definition) is 2. The van der Waals surface area contributed by atoms with E-state index in [-0.39, 0.29) is 17.1 Å². The number of fused-ring (bicyclic) bond motifs is 1. The topological polar surface area (TPSA) is 119 Å². The molecule has 2 aromatic carbocycles. The van der Waals surface area contributed by atoms with Gasteiger partial charge < -0.3 is 15.2 Å². The maximum absolute atomic E-state index is 14.3. The molecular weight excluding hydrogens is 541 g/mol. The summed E-state index contributed by atoms with van der Waals surface area (Å²) in [7, 11) is 0. The van der Waals surface area contributed by atoms with Crippen LogP contribution in [0.25, 0.3) is 27.8 Å². The van der Waals surface area contributed by atoms with Crippen molar-refractivity contribution >= 4 is 17.1 Å². The van der Waals surface area contributed by atoms with Crippen molar-refractivity contribution in [1.29, 1.82) is 0 Å². The number of amides is 1. The van der Waals surface area contributed by atoms with E-state index < -0.39 is 29.2 Å². The first-order valence-electron chi connectivity index (χ1n) is 14.2. The molecule has 42 heavy (non-hydrogen) atoms. The number of nitrogens with one attached hydrogen (secondary N) is 1. The van der Waals surface area contributed by atoms with Gasteiger partial charge >= 0.3 is 11.8 Å².